The molecule has 2 aromatic heterocycles. The molecule has 8 heteroatoms. The van der Waals surface area contributed by atoms with Crippen molar-refractivity contribution in [1.29, 1.82) is 0 Å². The minimum Gasteiger partial charge on any atom is -0.322 e. The van der Waals surface area contributed by atoms with Gasteiger partial charge in [-0.3, -0.25) is 9.78 Å². The Kier molecular flexibility index (Phi) is 7.55. The zero-order valence-corrected chi connectivity index (χ0v) is 18.8. The monoisotopic (exact) mass is 468 g/mol. The highest BCUT2D eigenvalue weighted by Gasteiger charge is 2.27. The molecule has 0 bridgehead atoms. The number of pyridine rings is 1. The molecular weight excluding hydrogens is 441 g/mol. The summed E-state index contributed by atoms with van der Waals surface area (Å²) in [6.45, 7) is 0. The molecule has 178 valence electrons. The number of nitrogens with zero attached hydrogens (tertiary/aromatic N) is 3. The van der Waals surface area contributed by atoms with E-state index in [0.717, 1.165) is 29.7 Å². The van der Waals surface area contributed by atoms with Gasteiger partial charge in [0.2, 0.25) is 0 Å². The van der Waals surface area contributed by atoms with Crippen molar-refractivity contribution in [2.45, 2.75) is 57.5 Å². The lowest BCUT2D eigenvalue weighted by Crippen LogP contribution is -2.14. The largest absolute Gasteiger partial charge is 0.393 e. The summed E-state index contributed by atoms with van der Waals surface area (Å²) in [5.41, 5.74) is 3.44. The number of halogens is 3. The number of hydrogen-bond donors (Lipinski definition) is 1. The number of alkyl halides is 3. The summed E-state index contributed by atoms with van der Waals surface area (Å²) < 4.78 is 37.7. The van der Waals surface area contributed by atoms with Crippen molar-refractivity contribution in [2.24, 2.45) is 5.92 Å². The number of nitrogens with one attached hydrogen (secondary N) is 1. The Morgan fingerprint density at radius 1 is 1.00 bits per heavy atom. The number of aromatic nitrogens is 3. The highest BCUT2D eigenvalue weighted by atomic mass is 19.4. The number of anilines is 1. The fourth-order valence-electron chi connectivity index (χ4n) is 4.46. The summed E-state index contributed by atoms with van der Waals surface area (Å²) in [6.07, 6.45) is 9.42. The van der Waals surface area contributed by atoms with Gasteiger partial charge in [0.1, 0.15) is 6.33 Å². The van der Waals surface area contributed by atoms with Gasteiger partial charge in [0.15, 0.2) is 0 Å². The van der Waals surface area contributed by atoms with E-state index in [1.807, 2.05) is 0 Å². The molecule has 1 saturated carbocycles. The van der Waals surface area contributed by atoms with Crippen molar-refractivity contribution in [3.63, 3.8) is 0 Å². The van der Waals surface area contributed by atoms with Crippen LogP contribution in [0.1, 0.15) is 60.1 Å². The van der Waals surface area contributed by atoms with Crippen LogP contribution in [0.5, 0.6) is 0 Å². The van der Waals surface area contributed by atoms with E-state index < -0.39 is 12.6 Å². The standard InChI is InChI=1S/C26H27F3N4O/c27-26(28,29)13-19-6-9-22(10-7-19)33-25(34)20-12-23(21-14-30-17-31-15-21)24(32-16-20)11-8-18-4-2-1-3-5-18/h6-7,9-10,12,14-18H,1-5,8,11,13H2,(H,33,34). The van der Waals surface area contributed by atoms with E-state index >= 15 is 0 Å². The maximum atomic E-state index is 12.9. The van der Waals surface area contributed by atoms with Crippen molar-refractivity contribution >= 4 is 11.6 Å². The number of carbonyl (C=O) groups is 1. The van der Waals surface area contributed by atoms with Crippen LogP contribution >= 0.6 is 0 Å². The number of aryl methyl sites for hydroxylation is 1. The fraction of sp³-hybridized carbons (Fsp3) is 0.385. The molecular formula is C26H27F3N4O. The molecule has 0 radical (unpaired) electrons. The first-order valence-electron chi connectivity index (χ1n) is 11.6. The Morgan fingerprint density at radius 2 is 1.71 bits per heavy atom. The molecule has 1 aromatic carbocycles. The van der Waals surface area contributed by atoms with Gasteiger partial charge >= 0.3 is 6.18 Å². The van der Waals surface area contributed by atoms with Gasteiger partial charge in [0.05, 0.1) is 12.0 Å². The average molecular weight is 469 g/mol. The summed E-state index contributed by atoms with van der Waals surface area (Å²) in [6, 6.07) is 7.45. The van der Waals surface area contributed by atoms with Gasteiger partial charge in [-0.2, -0.15) is 13.2 Å². The van der Waals surface area contributed by atoms with Crippen LogP contribution < -0.4 is 5.32 Å². The van der Waals surface area contributed by atoms with Crippen LogP contribution in [-0.4, -0.2) is 27.0 Å². The third-order valence-corrected chi connectivity index (χ3v) is 6.23. The maximum Gasteiger partial charge on any atom is 0.393 e. The number of carbonyl (C=O) groups excluding carboxylic acids is 1. The zero-order chi connectivity index (χ0) is 24.0. The molecule has 0 aliphatic heterocycles. The molecule has 34 heavy (non-hydrogen) atoms. The number of benzene rings is 1. The van der Waals surface area contributed by atoms with Crippen molar-refractivity contribution in [1.82, 2.24) is 15.0 Å². The maximum absolute atomic E-state index is 12.9. The SMILES string of the molecule is O=C(Nc1ccc(CC(F)(F)F)cc1)c1cnc(CCC2CCCCC2)c(-c2cncnc2)c1. The second kappa shape index (κ2) is 10.8. The normalized spacial score (nSPS) is 14.7. The first kappa shape index (κ1) is 23.9. The quantitative estimate of drug-likeness (QED) is 0.435. The minimum atomic E-state index is -4.27. The molecule has 3 aromatic rings. The minimum absolute atomic E-state index is 0.140. The molecule has 1 amide bonds. The second-order valence-corrected chi connectivity index (χ2v) is 8.83. The lowest BCUT2D eigenvalue weighted by molar-refractivity contribution is -0.127. The molecule has 1 aliphatic carbocycles. The van der Waals surface area contributed by atoms with Crippen LogP contribution in [0.4, 0.5) is 18.9 Å². The van der Waals surface area contributed by atoms with Crippen molar-refractivity contribution in [3.05, 3.63) is 72.1 Å². The summed E-state index contributed by atoms with van der Waals surface area (Å²) in [5.74, 6) is 0.326. The zero-order valence-electron chi connectivity index (χ0n) is 18.8. The lowest BCUT2D eigenvalue weighted by atomic mass is 9.85. The Labute approximate surface area is 196 Å². The smallest absolute Gasteiger partial charge is 0.322 e. The first-order valence-corrected chi connectivity index (χ1v) is 11.6. The number of hydrogen-bond acceptors (Lipinski definition) is 4. The van der Waals surface area contributed by atoms with Crippen LogP contribution in [0.25, 0.3) is 11.1 Å². The Bertz CT molecular complexity index is 1100. The van der Waals surface area contributed by atoms with E-state index in [0.29, 0.717) is 17.2 Å². The topological polar surface area (TPSA) is 67.8 Å². The van der Waals surface area contributed by atoms with E-state index in [9.17, 15) is 18.0 Å². The Hall–Kier alpha value is -3.29. The van der Waals surface area contributed by atoms with Gasteiger partial charge in [-0.05, 0) is 42.5 Å². The van der Waals surface area contributed by atoms with Gasteiger partial charge in [-0.1, -0.05) is 44.2 Å². The van der Waals surface area contributed by atoms with E-state index in [2.05, 4.69) is 20.3 Å². The van der Waals surface area contributed by atoms with Crippen LogP contribution in [0.2, 0.25) is 0 Å². The predicted molar refractivity (Wildman–Crippen MR) is 124 cm³/mol. The second-order valence-electron chi connectivity index (χ2n) is 8.83. The molecule has 1 aliphatic rings. The van der Waals surface area contributed by atoms with E-state index in [4.69, 9.17) is 0 Å². The molecule has 1 N–H and O–H groups in total. The van der Waals surface area contributed by atoms with Gasteiger partial charge in [-0.15, -0.1) is 0 Å². The molecule has 1 fully saturated rings. The fourth-order valence-corrected chi connectivity index (χ4v) is 4.46. The van der Waals surface area contributed by atoms with Gasteiger partial charge in [0.25, 0.3) is 5.91 Å². The third-order valence-electron chi connectivity index (χ3n) is 6.23. The lowest BCUT2D eigenvalue weighted by Gasteiger charge is -2.21. The van der Waals surface area contributed by atoms with Crippen LogP contribution in [0.15, 0.2) is 55.2 Å². The highest BCUT2D eigenvalue weighted by Crippen LogP contribution is 2.30. The molecule has 0 unspecified atom stereocenters. The van der Waals surface area contributed by atoms with Crippen LogP contribution in [0, 0.1) is 5.92 Å². The van der Waals surface area contributed by atoms with Crippen molar-refractivity contribution < 1.29 is 18.0 Å². The van der Waals surface area contributed by atoms with Crippen molar-refractivity contribution in [2.75, 3.05) is 5.32 Å². The Morgan fingerprint density at radius 3 is 2.38 bits per heavy atom. The van der Waals surface area contributed by atoms with E-state index in [1.165, 1.54) is 62.7 Å². The van der Waals surface area contributed by atoms with Gasteiger partial charge in [-0.25, -0.2) is 9.97 Å². The average Bonchev–Trinajstić information content (AvgIpc) is 2.84. The van der Waals surface area contributed by atoms with E-state index in [-0.39, 0.29) is 11.5 Å². The molecule has 0 saturated heterocycles. The Balaban J connectivity index is 1.50. The van der Waals surface area contributed by atoms with Gasteiger partial charge in [0, 0.05) is 41.1 Å². The highest BCUT2D eigenvalue weighted by molar-refractivity contribution is 6.04. The van der Waals surface area contributed by atoms with E-state index in [1.54, 1.807) is 24.7 Å². The summed E-state index contributed by atoms with van der Waals surface area (Å²) >= 11 is 0. The summed E-state index contributed by atoms with van der Waals surface area (Å²) in [5, 5.41) is 2.74. The third kappa shape index (κ3) is 6.62. The van der Waals surface area contributed by atoms with Gasteiger partial charge < -0.3 is 5.32 Å². The molecule has 4 rings (SSSR count). The molecule has 0 spiro atoms. The number of amides is 1. The van der Waals surface area contributed by atoms with Crippen LogP contribution in [-0.2, 0) is 12.8 Å². The van der Waals surface area contributed by atoms with Crippen LogP contribution in [0.3, 0.4) is 0 Å². The molecule has 2 heterocycles. The van der Waals surface area contributed by atoms with Crippen molar-refractivity contribution in [3.8, 4) is 11.1 Å². The first-order chi connectivity index (χ1) is 16.4. The number of rotatable bonds is 7. The summed E-state index contributed by atoms with van der Waals surface area (Å²) in [7, 11) is 0. The summed E-state index contributed by atoms with van der Waals surface area (Å²) in [4.78, 5) is 25.7. The molecule has 5 nitrogen and oxygen atoms in total. The predicted octanol–water partition coefficient (Wildman–Crippen LogP) is 6.41. The molecule has 0 atom stereocenters.